The maximum absolute atomic E-state index is 11.4. The van der Waals surface area contributed by atoms with Crippen LogP contribution in [-0.2, 0) is 10.0 Å². The molecule has 0 fully saturated rings. The molecule has 1 aromatic heterocycles. The van der Waals surface area contributed by atoms with Gasteiger partial charge in [0.25, 0.3) is 0 Å². The highest BCUT2D eigenvalue weighted by Crippen LogP contribution is 2.17. The lowest BCUT2D eigenvalue weighted by molar-refractivity contribution is 0.320. The third-order valence-electron chi connectivity index (χ3n) is 2.24. The Balaban J connectivity index is 2.31. The standard InChI is InChI=1S/C11H12N2O3S/c14-6-7-17(15,16)13-10-3-4-11-9(8-10)2-1-5-12-11/h1-5,8,13-14H,6-7H2. The molecule has 90 valence electrons. The summed E-state index contributed by atoms with van der Waals surface area (Å²) in [7, 11) is -3.47. The molecule has 0 spiro atoms. The predicted molar refractivity (Wildman–Crippen MR) is 66.2 cm³/mol. The Labute approximate surface area is 99.2 Å². The number of hydrogen-bond acceptors (Lipinski definition) is 4. The average Bonchev–Trinajstić information content (AvgIpc) is 2.28. The second kappa shape index (κ2) is 4.68. The molecule has 2 N–H and O–H groups in total. The fraction of sp³-hybridized carbons (Fsp3) is 0.182. The van der Waals surface area contributed by atoms with E-state index < -0.39 is 16.6 Å². The summed E-state index contributed by atoms with van der Waals surface area (Å²) in [4.78, 5) is 4.14. The highest BCUT2D eigenvalue weighted by atomic mass is 32.2. The number of sulfonamides is 1. The molecule has 0 unspecified atom stereocenters. The van der Waals surface area contributed by atoms with Crippen LogP contribution >= 0.6 is 0 Å². The van der Waals surface area contributed by atoms with Gasteiger partial charge in [-0.1, -0.05) is 6.07 Å². The molecule has 0 aliphatic rings. The van der Waals surface area contributed by atoms with Crippen LogP contribution in [0.25, 0.3) is 10.9 Å². The Morgan fingerprint density at radius 1 is 1.29 bits per heavy atom. The Bertz CT molecular complexity index is 625. The predicted octanol–water partition coefficient (Wildman–Crippen LogP) is 0.969. The van der Waals surface area contributed by atoms with E-state index in [0.29, 0.717) is 5.69 Å². The lowest BCUT2D eigenvalue weighted by atomic mass is 10.2. The van der Waals surface area contributed by atoms with E-state index >= 15 is 0 Å². The van der Waals surface area contributed by atoms with Crippen LogP contribution in [0.3, 0.4) is 0 Å². The number of aliphatic hydroxyl groups is 1. The zero-order valence-corrected chi connectivity index (χ0v) is 9.81. The van der Waals surface area contributed by atoms with Crippen molar-refractivity contribution in [1.29, 1.82) is 0 Å². The van der Waals surface area contributed by atoms with Gasteiger partial charge in [-0.3, -0.25) is 9.71 Å². The van der Waals surface area contributed by atoms with Crippen LogP contribution < -0.4 is 4.72 Å². The summed E-state index contributed by atoms with van der Waals surface area (Å²) in [5.41, 5.74) is 1.27. The van der Waals surface area contributed by atoms with Gasteiger partial charge in [0.2, 0.25) is 10.0 Å². The third kappa shape index (κ3) is 2.92. The summed E-state index contributed by atoms with van der Waals surface area (Å²) in [6.07, 6.45) is 1.68. The molecule has 0 amide bonds. The van der Waals surface area contributed by atoms with E-state index in [1.165, 1.54) is 0 Å². The van der Waals surface area contributed by atoms with Crippen molar-refractivity contribution in [2.75, 3.05) is 17.1 Å². The fourth-order valence-corrected chi connectivity index (χ4v) is 2.32. The first-order valence-corrected chi connectivity index (χ1v) is 6.72. The maximum atomic E-state index is 11.4. The van der Waals surface area contributed by atoms with Crippen LogP contribution in [0.15, 0.2) is 36.5 Å². The molecule has 6 heteroatoms. The van der Waals surface area contributed by atoms with Gasteiger partial charge in [-0.05, 0) is 24.3 Å². The number of rotatable bonds is 4. The summed E-state index contributed by atoms with van der Waals surface area (Å²) >= 11 is 0. The topological polar surface area (TPSA) is 79.3 Å². The quantitative estimate of drug-likeness (QED) is 0.849. The number of aromatic nitrogens is 1. The van der Waals surface area contributed by atoms with E-state index in [-0.39, 0.29) is 5.75 Å². The van der Waals surface area contributed by atoms with Crippen LogP contribution in [-0.4, -0.2) is 30.9 Å². The Morgan fingerprint density at radius 3 is 2.88 bits per heavy atom. The lowest BCUT2D eigenvalue weighted by Gasteiger charge is -2.07. The van der Waals surface area contributed by atoms with Gasteiger partial charge in [0.05, 0.1) is 17.9 Å². The summed E-state index contributed by atoms with van der Waals surface area (Å²) in [5, 5.41) is 9.48. The first-order chi connectivity index (χ1) is 8.11. The van der Waals surface area contributed by atoms with E-state index in [1.54, 1.807) is 30.5 Å². The van der Waals surface area contributed by atoms with Crippen molar-refractivity contribution >= 4 is 26.6 Å². The summed E-state index contributed by atoms with van der Waals surface area (Å²) in [6, 6.07) is 8.73. The Hall–Kier alpha value is -1.66. The first kappa shape index (κ1) is 11.8. The number of anilines is 1. The van der Waals surface area contributed by atoms with Crippen molar-refractivity contribution in [2.45, 2.75) is 0 Å². The molecule has 0 aliphatic heterocycles. The van der Waals surface area contributed by atoms with E-state index in [1.807, 2.05) is 6.07 Å². The minimum Gasteiger partial charge on any atom is -0.395 e. The van der Waals surface area contributed by atoms with Gasteiger partial charge in [0.1, 0.15) is 0 Å². The smallest absolute Gasteiger partial charge is 0.234 e. The minimum absolute atomic E-state index is 0.307. The third-order valence-corrected chi connectivity index (χ3v) is 3.50. The molecule has 1 heterocycles. The molecule has 2 rings (SSSR count). The monoisotopic (exact) mass is 252 g/mol. The normalized spacial score (nSPS) is 11.6. The number of nitrogens with one attached hydrogen (secondary N) is 1. The Kier molecular flexibility index (Phi) is 3.26. The van der Waals surface area contributed by atoms with Crippen LogP contribution in [0.4, 0.5) is 5.69 Å². The van der Waals surface area contributed by atoms with Crippen molar-refractivity contribution in [2.24, 2.45) is 0 Å². The largest absolute Gasteiger partial charge is 0.395 e. The number of pyridine rings is 1. The molecule has 17 heavy (non-hydrogen) atoms. The second-order valence-electron chi connectivity index (χ2n) is 3.56. The first-order valence-electron chi connectivity index (χ1n) is 5.07. The molecular formula is C11H12N2O3S. The zero-order chi connectivity index (χ0) is 12.3. The van der Waals surface area contributed by atoms with Crippen molar-refractivity contribution in [3.8, 4) is 0 Å². The molecule has 0 bridgehead atoms. The highest BCUT2D eigenvalue weighted by Gasteiger charge is 2.09. The van der Waals surface area contributed by atoms with E-state index in [0.717, 1.165) is 10.9 Å². The van der Waals surface area contributed by atoms with Gasteiger partial charge in [-0.15, -0.1) is 0 Å². The molecule has 1 aromatic carbocycles. The molecule has 0 saturated carbocycles. The number of nitrogens with zero attached hydrogens (tertiary/aromatic N) is 1. The van der Waals surface area contributed by atoms with Crippen LogP contribution in [0.1, 0.15) is 0 Å². The van der Waals surface area contributed by atoms with Gasteiger partial charge in [-0.2, -0.15) is 0 Å². The van der Waals surface area contributed by atoms with Crippen LogP contribution in [0.5, 0.6) is 0 Å². The zero-order valence-electron chi connectivity index (χ0n) is 9.00. The number of fused-ring (bicyclic) bond motifs is 1. The molecule has 2 aromatic rings. The minimum atomic E-state index is -3.47. The van der Waals surface area contributed by atoms with Gasteiger partial charge < -0.3 is 5.11 Å². The van der Waals surface area contributed by atoms with Gasteiger partial charge in [0.15, 0.2) is 0 Å². The van der Waals surface area contributed by atoms with E-state index in [9.17, 15) is 8.42 Å². The number of aliphatic hydroxyl groups excluding tert-OH is 1. The van der Waals surface area contributed by atoms with Crippen molar-refractivity contribution < 1.29 is 13.5 Å². The molecule has 5 nitrogen and oxygen atoms in total. The van der Waals surface area contributed by atoms with Crippen LogP contribution in [0, 0.1) is 0 Å². The number of benzene rings is 1. The number of hydrogen-bond donors (Lipinski definition) is 2. The highest BCUT2D eigenvalue weighted by molar-refractivity contribution is 7.92. The second-order valence-corrected chi connectivity index (χ2v) is 5.40. The lowest BCUT2D eigenvalue weighted by Crippen LogP contribution is -2.18. The molecule has 0 radical (unpaired) electrons. The van der Waals surface area contributed by atoms with Gasteiger partial charge >= 0.3 is 0 Å². The SMILES string of the molecule is O=S(=O)(CCO)Nc1ccc2ncccc2c1. The van der Waals surface area contributed by atoms with E-state index in [2.05, 4.69) is 9.71 Å². The van der Waals surface area contributed by atoms with Gasteiger partial charge in [-0.25, -0.2) is 8.42 Å². The van der Waals surface area contributed by atoms with Crippen molar-refractivity contribution in [1.82, 2.24) is 4.98 Å². The average molecular weight is 252 g/mol. The summed E-state index contributed by atoms with van der Waals surface area (Å²) in [6.45, 7) is -0.398. The summed E-state index contributed by atoms with van der Waals surface area (Å²) < 4.78 is 25.3. The Morgan fingerprint density at radius 2 is 2.12 bits per heavy atom. The molecule has 0 atom stereocenters. The molecular weight excluding hydrogens is 240 g/mol. The molecule has 0 aliphatic carbocycles. The van der Waals surface area contributed by atoms with Crippen LogP contribution in [0.2, 0.25) is 0 Å². The maximum Gasteiger partial charge on any atom is 0.234 e. The van der Waals surface area contributed by atoms with E-state index in [4.69, 9.17) is 5.11 Å². The fourth-order valence-electron chi connectivity index (χ4n) is 1.49. The van der Waals surface area contributed by atoms with Gasteiger partial charge in [0, 0.05) is 17.3 Å². The van der Waals surface area contributed by atoms with Crippen molar-refractivity contribution in [3.63, 3.8) is 0 Å². The summed E-state index contributed by atoms with van der Waals surface area (Å²) in [5.74, 6) is -0.307. The molecule has 0 saturated heterocycles. The van der Waals surface area contributed by atoms with Crippen molar-refractivity contribution in [3.05, 3.63) is 36.5 Å².